The van der Waals surface area contributed by atoms with Crippen LogP contribution in [0.1, 0.15) is 67.1 Å². The summed E-state index contributed by atoms with van der Waals surface area (Å²) >= 11 is 0. The highest BCUT2D eigenvalue weighted by molar-refractivity contribution is 4.75. The minimum atomic E-state index is -0.534. The molecule has 1 nitrogen and oxygen atoms in total. The number of hydrogen-bond donors (Lipinski definition) is 1. The maximum Gasteiger partial charge on any atom is 0.0645 e. The van der Waals surface area contributed by atoms with Gasteiger partial charge in [-0.15, -0.1) is 0 Å². The second-order valence-electron chi connectivity index (χ2n) is 3.68. The molecule has 0 saturated carbocycles. The van der Waals surface area contributed by atoms with E-state index in [0.717, 1.165) is 38.5 Å². The van der Waals surface area contributed by atoms with E-state index < -0.39 is 5.60 Å². The highest BCUT2D eigenvalue weighted by Gasteiger charge is 2.22. The lowest BCUT2D eigenvalue weighted by atomic mass is 9.89. The van der Waals surface area contributed by atoms with Gasteiger partial charge in [0.15, 0.2) is 0 Å². The van der Waals surface area contributed by atoms with Gasteiger partial charge in [-0.2, -0.15) is 0 Å². The predicted molar refractivity (Wildman–Crippen MR) is 54.3 cm³/mol. The van der Waals surface area contributed by atoms with Crippen molar-refractivity contribution in [3.05, 3.63) is 0 Å². The zero-order chi connectivity index (χ0) is 10.2. The Morgan fingerprint density at radius 1 is 1.17 bits per heavy atom. The largest absolute Gasteiger partial charge is 0.390 e. The number of rotatable bonds is 7. The highest BCUT2D eigenvalue weighted by atomic mass is 16.3. The summed E-state index contributed by atoms with van der Waals surface area (Å²) in [6, 6.07) is 0. The summed E-state index contributed by atoms with van der Waals surface area (Å²) in [7, 11) is 0. The SMILES string of the molecule is [2H]CCC(O)(CCCC)CCCC. The molecule has 0 heterocycles. The summed E-state index contributed by atoms with van der Waals surface area (Å²) in [5, 5.41) is 10.2. The van der Waals surface area contributed by atoms with Gasteiger partial charge < -0.3 is 5.11 Å². The summed E-state index contributed by atoms with van der Waals surface area (Å²) in [5.74, 6) is 0. The second kappa shape index (κ2) is 6.47. The van der Waals surface area contributed by atoms with Crippen LogP contribution in [0.25, 0.3) is 0 Å². The molecular formula is C11H24O. The quantitative estimate of drug-likeness (QED) is 0.624. The minimum absolute atomic E-state index is 0.351. The van der Waals surface area contributed by atoms with Gasteiger partial charge in [0.05, 0.1) is 5.60 Å². The molecule has 74 valence electrons. The van der Waals surface area contributed by atoms with Gasteiger partial charge in [-0.05, 0) is 19.3 Å². The van der Waals surface area contributed by atoms with Gasteiger partial charge in [-0.25, -0.2) is 0 Å². The molecule has 1 heteroatoms. The van der Waals surface area contributed by atoms with Crippen LogP contribution in [0.3, 0.4) is 0 Å². The van der Waals surface area contributed by atoms with Crippen LogP contribution in [0, 0.1) is 0 Å². The Morgan fingerprint density at radius 2 is 1.67 bits per heavy atom. The maximum atomic E-state index is 10.2. The van der Waals surface area contributed by atoms with Gasteiger partial charge >= 0.3 is 0 Å². The first-order valence-electron chi connectivity index (χ1n) is 5.91. The molecule has 0 aromatic heterocycles. The highest BCUT2D eigenvalue weighted by Crippen LogP contribution is 2.24. The van der Waals surface area contributed by atoms with E-state index in [1.807, 2.05) is 0 Å². The fraction of sp³-hybridized carbons (Fsp3) is 1.00. The van der Waals surface area contributed by atoms with E-state index in [2.05, 4.69) is 13.8 Å². The summed E-state index contributed by atoms with van der Waals surface area (Å²) < 4.78 is 7.17. The van der Waals surface area contributed by atoms with Crippen LogP contribution in [0.5, 0.6) is 0 Å². The van der Waals surface area contributed by atoms with E-state index >= 15 is 0 Å². The van der Waals surface area contributed by atoms with E-state index in [9.17, 15) is 5.11 Å². The number of unbranched alkanes of at least 4 members (excludes halogenated alkanes) is 2. The van der Waals surface area contributed by atoms with Crippen molar-refractivity contribution in [1.29, 1.82) is 0 Å². The summed E-state index contributed by atoms with van der Waals surface area (Å²) in [6.07, 6.45) is 6.83. The van der Waals surface area contributed by atoms with Gasteiger partial charge in [-0.1, -0.05) is 46.4 Å². The predicted octanol–water partition coefficient (Wildman–Crippen LogP) is 3.51. The molecule has 0 aliphatic rings. The van der Waals surface area contributed by atoms with Gasteiger partial charge in [0.25, 0.3) is 0 Å². The molecule has 0 aromatic rings. The number of hydrogen-bond acceptors (Lipinski definition) is 1. The number of aliphatic hydroxyl groups is 1. The summed E-state index contributed by atoms with van der Waals surface area (Å²) in [6.45, 7) is 4.63. The molecule has 0 unspecified atom stereocenters. The minimum Gasteiger partial charge on any atom is -0.390 e. The first-order chi connectivity index (χ1) is 6.18. The standard InChI is InChI=1S/C11H24O/c1-4-7-9-11(12,6-3)10-8-5-2/h12H,4-10H2,1-3H3/i3D. The van der Waals surface area contributed by atoms with E-state index in [1.54, 1.807) is 0 Å². The van der Waals surface area contributed by atoms with Gasteiger partial charge in [0, 0.05) is 1.37 Å². The third-order valence-corrected chi connectivity index (χ3v) is 2.46. The molecule has 0 aliphatic carbocycles. The third kappa shape index (κ3) is 4.76. The Balaban J connectivity index is 3.84. The molecule has 0 aliphatic heterocycles. The van der Waals surface area contributed by atoms with Gasteiger partial charge in [-0.3, -0.25) is 0 Å². The maximum absolute atomic E-state index is 10.2. The Kier molecular flexibility index (Phi) is 5.42. The monoisotopic (exact) mass is 173 g/mol. The smallest absolute Gasteiger partial charge is 0.0645 e. The van der Waals surface area contributed by atoms with Crippen molar-refractivity contribution < 1.29 is 6.48 Å². The molecule has 0 bridgehead atoms. The molecule has 1 N–H and O–H groups in total. The van der Waals surface area contributed by atoms with Crippen LogP contribution in [-0.2, 0) is 0 Å². The summed E-state index contributed by atoms with van der Waals surface area (Å²) in [5.41, 5.74) is -0.534. The Morgan fingerprint density at radius 3 is 2.00 bits per heavy atom. The molecule has 0 saturated heterocycles. The van der Waals surface area contributed by atoms with Crippen molar-refractivity contribution in [2.45, 2.75) is 71.3 Å². The normalized spacial score (nSPS) is 13.1. The lowest BCUT2D eigenvalue weighted by Crippen LogP contribution is -2.27. The van der Waals surface area contributed by atoms with Crippen LogP contribution in [0.15, 0.2) is 0 Å². The zero-order valence-corrected chi connectivity index (χ0v) is 8.60. The second-order valence-corrected chi connectivity index (χ2v) is 3.68. The molecular weight excluding hydrogens is 148 g/mol. The van der Waals surface area contributed by atoms with Gasteiger partial charge in [0.1, 0.15) is 0 Å². The fourth-order valence-electron chi connectivity index (χ4n) is 1.39. The Labute approximate surface area is 78.6 Å². The zero-order valence-electron chi connectivity index (χ0n) is 9.60. The van der Waals surface area contributed by atoms with Crippen LogP contribution >= 0.6 is 0 Å². The lowest BCUT2D eigenvalue weighted by Gasteiger charge is -2.26. The molecule has 0 fully saturated rings. The molecule has 0 rings (SSSR count). The van der Waals surface area contributed by atoms with Crippen LogP contribution in [-0.4, -0.2) is 10.7 Å². The topological polar surface area (TPSA) is 20.2 Å². The van der Waals surface area contributed by atoms with E-state index in [-0.39, 0.29) is 0 Å². The molecule has 0 atom stereocenters. The summed E-state index contributed by atoms with van der Waals surface area (Å²) in [4.78, 5) is 0. The average Bonchev–Trinajstić information content (AvgIpc) is 2.12. The van der Waals surface area contributed by atoms with Crippen LogP contribution in [0.2, 0.25) is 0 Å². The third-order valence-electron chi connectivity index (χ3n) is 2.46. The average molecular weight is 173 g/mol. The molecule has 0 spiro atoms. The van der Waals surface area contributed by atoms with E-state index in [1.165, 1.54) is 0 Å². The molecule has 0 aromatic carbocycles. The van der Waals surface area contributed by atoms with Crippen molar-refractivity contribution in [2.75, 3.05) is 0 Å². The lowest BCUT2D eigenvalue weighted by molar-refractivity contribution is 0.0148. The van der Waals surface area contributed by atoms with Crippen molar-refractivity contribution in [1.82, 2.24) is 0 Å². The molecule has 0 radical (unpaired) electrons. The van der Waals surface area contributed by atoms with E-state index in [0.29, 0.717) is 13.3 Å². The Hall–Kier alpha value is -0.0400. The van der Waals surface area contributed by atoms with Crippen molar-refractivity contribution in [3.63, 3.8) is 0 Å². The van der Waals surface area contributed by atoms with Crippen molar-refractivity contribution >= 4 is 0 Å². The molecule has 12 heavy (non-hydrogen) atoms. The van der Waals surface area contributed by atoms with Crippen LogP contribution < -0.4 is 0 Å². The van der Waals surface area contributed by atoms with Crippen molar-refractivity contribution in [2.24, 2.45) is 0 Å². The van der Waals surface area contributed by atoms with E-state index in [4.69, 9.17) is 1.37 Å². The first kappa shape index (κ1) is 10.0. The van der Waals surface area contributed by atoms with Crippen molar-refractivity contribution in [3.8, 4) is 0 Å². The van der Waals surface area contributed by atoms with Gasteiger partial charge in [0.2, 0.25) is 0 Å². The first-order valence-corrected chi connectivity index (χ1v) is 5.20. The van der Waals surface area contributed by atoms with Crippen LogP contribution in [0.4, 0.5) is 0 Å². The Bertz CT molecular complexity index is 107. The molecule has 0 amide bonds. The fourth-order valence-corrected chi connectivity index (χ4v) is 1.39.